The van der Waals surface area contributed by atoms with Gasteiger partial charge in [-0.1, -0.05) is 6.07 Å². The molecule has 4 heteroatoms. The van der Waals surface area contributed by atoms with Crippen molar-refractivity contribution in [3.8, 4) is 0 Å². The third-order valence-corrected chi connectivity index (χ3v) is 3.44. The van der Waals surface area contributed by atoms with Crippen molar-refractivity contribution >= 4 is 10.9 Å². The lowest BCUT2D eigenvalue weighted by Gasteiger charge is -2.08. The lowest BCUT2D eigenvalue weighted by Crippen LogP contribution is -2.18. The molecule has 1 unspecified atom stereocenters. The second-order valence-electron chi connectivity index (χ2n) is 5.21. The minimum absolute atomic E-state index is 0.253. The van der Waals surface area contributed by atoms with Gasteiger partial charge in [0.2, 0.25) is 0 Å². The Kier molecular flexibility index (Phi) is 5.59. The molecule has 2 aromatic rings. The smallest absolute Gasteiger partial charge is 0.0587 e. The molecule has 4 nitrogen and oxygen atoms in total. The molecular weight excluding hydrogens is 252 g/mol. The third-order valence-electron chi connectivity index (χ3n) is 3.44. The van der Waals surface area contributed by atoms with Crippen molar-refractivity contribution < 1.29 is 9.84 Å². The molecule has 0 aliphatic carbocycles. The van der Waals surface area contributed by atoms with Gasteiger partial charge in [0.25, 0.3) is 0 Å². The zero-order valence-corrected chi connectivity index (χ0v) is 12.3. The van der Waals surface area contributed by atoms with E-state index in [-0.39, 0.29) is 6.10 Å². The van der Waals surface area contributed by atoms with Gasteiger partial charge in [-0.25, -0.2) is 0 Å². The minimum Gasteiger partial charge on any atom is -0.393 e. The van der Waals surface area contributed by atoms with Crippen LogP contribution in [0, 0.1) is 0 Å². The quantitative estimate of drug-likeness (QED) is 0.726. The van der Waals surface area contributed by atoms with Crippen LogP contribution >= 0.6 is 0 Å². The van der Waals surface area contributed by atoms with E-state index >= 15 is 0 Å². The summed E-state index contributed by atoms with van der Waals surface area (Å²) >= 11 is 0. The normalized spacial score (nSPS) is 12.9. The molecule has 0 amide bonds. The number of nitrogens with zero attached hydrogens (tertiary/aromatic N) is 1. The maximum absolute atomic E-state index is 9.38. The van der Waals surface area contributed by atoms with Crippen molar-refractivity contribution in [2.75, 3.05) is 20.3 Å². The molecule has 110 valence electrons. The summed E-state index contributed by atoms with van der Waals surface area (Å²) < 4.78 is 7.21. The summed E-state index contributed by atoms with van der Waals surface area (Å²) in [5, 5.41) is 14.0. The number of fused-ring (bicyclic) bond motifs is 1. The van der Waals surface area contributed by atoms with Crippen molar-refractivity contribution in [1.82, 2.24) is 9.88 Å². The number of hydrogen-bond donors (Lipinski definition) is 2. The highest BCUT2D eigenvalue weighted by Crippen LogP contribution is 2.18. The molecule has 0 saturated carbocycles. The zero-order valence-electron chi connectivity index (χ0n) is 12.3. The first-order chi connectivity index (χ1) is 9.70. The highest BCUT2D eigenvalue weighted by atomic mass is 16.5. The molecule has 0 saturated heterocycles. The van der Waals surface area contributed by atoms with Gasteiger partial charge >= 0.3 is 0 Å². The monoisotopic (exact) mass is 276 g/mol. The molecule has 0 radical (unpaired) electrons. The van der Waals surface area contributed by atoms with E-state index in [2.05, 4.69) is 40.3 Å². The fourth-order valence-corrected chi connectivity index (χ4v) is 2.29. The summed E-state index contributed by atoms with van der Waals surface area (Å²) in [6, 6.07) is 8.66. The first-order valence-corrected chi connectivity index (χ1v) is 7.16. The molecule has 0 bridgehead atoms. The number of ether oxygens (including phenoxy) is 1. The average molecular weight is 276 g/mol. The Morgan fingerprint density at radius 3 is 2.95 bits per heavy atom. The highest BCUT2D eigenvalue weighted by Gasteiger charge is 2.03. The Bertz CT molecular complexity index is 534. The number of aromatic nitrogens is 1. The maximum atomic E-state index is 9.38. The number of aliphatic hydroxyl groups is 1. The van der Waals surface area contributed by atoms with E-state index in [9.17, 15) is 5.11 Å². The topological polar surface area (TPSA) is 46.4 Å². The largest absolute Gasteiger partial charge is 0.393 e. The van der Waals surface area contributed by atoms with Gasteiger partial charge in [-0.15, -0.1) is 0 Å². The number of hydrogen-bond acceptors (Lipinski definition) is 3. The van der Waals surface area contributed by atoms with Crippen molar-refractivity contribution in [2.24, 2.45) is 0 Å². The van der Waals surface area contributed by atoms with Crippen LogP contribution in [0.4, 0.5) is 0 Å². The van der Waals surface area contributed by atoms with Crippen LogP contribution in [0.15, 0.2) is 30.5 Å². The van der Waals surface area contributed by atoms with Gasteiger partial charge in [-0.3, -0.25) is 0 Å². The lowest BCUT2D eigenvalue weighted by molar-refractivity contribution is 0.178. The Hall–Kier alpha value is -1.36. The minimum atomic E-state index is -0.253. The molecule has 1 aromatic carbocycles. The first-order valence-electron chi connectivity index (χ1n) is 7.16. The van der Waals surface area contributed by atoms with Gasteiger partial charge in [0.1, 0.15) is 0 Å². The van der Waals surface area contributed by atoms with Crippen LogP contribution in [0.3, 0.4) is 0 Å². The maximum Gasteiger partial charge on any atom is 0.0587 e. The molecule has 1 atom stereocenters. The standard InChI is InChI=1S/C16H24N2O2/c1-13(19)5-8-18-9-6-15-11-14(3-4-16(15)18)12-17-7-10-20-2/h3-4,6,9,11,13,17,19H,5,7-8,10,12H2,1-2H3. The van der Waals surface area contributed by atoms with Crippen LogP contribution in [-0.4, -0.2) is 36.0 Å². The highest BCUT2D eigenvalue weighted by molar-refractivity contribution is 5.80. The number of aryl methyl sites for hydroxylation is 1. The van der Waals surface area contributed by atoms with Crippen LogP contribution in [0.25, 0.3) is 10.9 Å². The fourth-order valence-electron chi connectivity index (χ4n) is 2.29. The summed E-state index contributed by atoms with van der Waals surface area (Å²) in [5.74, 6) is 0. The molecule has 20 heavy (non-hydrogen) atoms. The Balaban J connectivity index is 2.00. The van der Waals surface area contributed by atoms with Crippen molar-refractivity contribution in [1.29, 1.82) is 0 Å². The van der Waals surface area contributed by atoms with Gasteiger partial charge in [0, 0.05) is 38.5 Å². The predicted molar refractivity (Wildman–Crippen MR) is 81.8 cm³/mol. The molecular formula is C16H24N2O2. The summed E-state index contributed by atoms with van der Waals surface area (Å²) in [7, 11) is 1.71. The van der Waals surface area contributed by atoms with E-state index in [1.807, 2.05) is 6.92 Å². The van der Waals surface area contributed by atoms with Crippen LogP contribution in [0.1, 0.15) is 18.9 Å². The molecule has 1 aromatic heterocycles. The summed E-state index contributed by atoms with van der Waals surface area (Å²) in [4.78, 5) is 0. The lowest BCUT2D eigenvalue weighted by atomic mass is 10.1. The van der Waals surface area contributed by atoms with E-state index in [0.29, 0.717) is 0 Å². The Labute approximate surface area is 120 Å². The van der Waals surface area contributed by atoms with E-state index in [0.717, 1.165) is 32.7 Å². The van der Waals surface area contributed by atoms with E-state index in [4.69, 9.17) is 4.74 Å². The van der Waals surface area contributed by atoms with Crippen LogP contribution in [-0.2, 0) is 17.8 Å². The van der Waals surface area contributed by atoms with Crippen LogP contribution in [0.2, 0.25) is 0 Å². The van der Waals surface area contributed by atoms with Gasteiger partial charge < -0.3 is 19.7 Å². The fraction of sp³-hybridized carbons (Fsp3) is 0.500. The van der Waals surface area contributed by atoms with Crippen molar-refractivity contribution in [2.45, 2.75) is 32.5 Å². The second kappa shape index (κ2) is 7.43. The van der Waals surface area contributed by atoms with Crippen LogP contribution in [0.5, 0.6) is 0 Å². The third kappa shape index (κ3) is 4.07. The molecule has 2 rings (SSSR count). The predicted octanol–water partition coefficient (Wildman–Crippen LogP) is 2.15. The molecule has 1 heterocycles. The summed E-state index contributed by atoms with van der Waals surface area (Å²) in [5.41, 5.74) is 2.51. The van der Waals surface area contributed by atoms with E-state index in [1.165, 1.54) is 16.5 Å². The Morgan fingerprint density at radius 2 is 2.20 bits per heavy atom. The number of rotatable bonds is 8. The van der Waals surface area contributed by atoms with Gasteiger partial charge in [0.05, 0.1) is 12.7 Å². The Morgan fingerprint density at radius 1 is 1.35 bits per heavy atom. The number of aliphatic hydroxyl groups excluding tert-OH is 1. The van der Waals surface area contributed by atoms with Gasteiger partial charge in [-0.05, 0) is 42.5 Å². The number of benzene rings is 1. The number of nitrogens with one attached hydrogen (secondary N) is 1. The SMILES string of the molecule is COCCNCc1ccc2c(ccn2CCC(C)O)c1. The molecule has 0 spiro atoms. The first kappa shape index (κ1) is 15.0. The van der Waals surface area contributed by atoms with Crippen molar-refractivity contribution in [3.63, 3.8) is 0 Å². The number of methoxy groups -OCH3 is 1. The molecule has 0 aliphatic heterocycles. The van der Waals surface area contributed by atoms with E-state index < -0.39 is 0 Å². The molecule has 0 aliphatic rings. The average Bonchev–Trinajstić information content (AvgIpc) is 2.84. The summed E-state index contributed by atoms with van der Waals surface area (Å²) in [6.45, 7) is 5.14. The molecule has 2 N–H and O–H groups in total. The molecule has 0 fully saturated rings. The van der Waals surface area contributed by atoms with Crippen LogP contribution < -0.4 is 5.32 Å². The summed E-state index contributed by atoms with van der Waals surface area (Å²) in [6.07, 6.45) is 2.62. The van der Waals surface area contributed by atoms with E-state index in [1.54, 1.807) is 7.11 Å². The second-order valence-corrected chi connectivity index (χ2v) is 5.21. The van der Waals surface area contributed by atoms with Gasteiger partial charge in [-0.2, -0.15) is 0 Å². The van der Waals surface area contributed by atoms with Gasteiger partial charge in [0.15, 0.2) is 0 Å². The zero-order chi connectivity index (χ0) is 14.4. The van der Waals surface area contributed by atoms with Crippen molar-refractivity contribution in [3.05, 3.63) is 36.0 Å².